The number of carbonyl (C=O) groups is 1. The van der Waals surface area contributed by atoms with E-state index in [1.807, 2.05) is 27.7 Å². The third kappa shape index (κ3) is 2.52. The molecule has 0 radical (unpaired) electrons. The van der Waals surface area contributed by atoms with Crippen molar-refractivity contribution < 1.29 is 15.0 Å². The van der Waals surface area contributed by atoms with Gasteiger partial charge in [-0.2, -0.15) is 0 Å². The largest absolute Gasteiger partial charge is 0.494 e. The number of aryl methyl sites for hydroxylation is 1. The molecule has 0 aliphatic heterocycles. The number of hydrogen-bond donors (Lipinski definition) is 2. The molecule has 0 aliphatic rings. The second kappa shape index (κ2) is 4.34. The summed E-state index contributed by atoms with van der Waals surface area (Å²) in [6, 6.07) is 1.53. The summed E-state index contributed by atoms with van der Waals surface area (Å²) in [6.45, 7) is 10.9. The fourth-order valence-electron chi connectivity index (χ4n) is 2.49. The summed E-state index contributed by atoms with van der Waals surface area (Å²) in [5, 5.41) is 19.9. The Bertz CT molecular complexity index is 470. The molecule has 0 atom stereocenters. The lowest BCUT2D eigenvalue weighted by atomic mass is 9.77. The lowest BCUT2D eigenvalue weighted by Gasteiger charge is -2.35. The molecule has 0 aromatic carbocycles. The number of Topliss-reactive ketones (excluding diaryl/α,β-unsaturated/α-hetero) is 1. The van der Waals surface area contributed by atoms with E-state index in [1.54, 1.807) is 13.8 Å². The summed E-state index contributed by atoms with van der Waals surface area (Å²) >= 11 is 0. The van der Waals surface area contributed by atoms with Crippen LogP contribution in [0.5, 0.6) is 11.8 Å². The summed E-state index contributed by atoms with van der Waals surface area (Å²) in [4.78, 5) is 11.6. The van der Waals surface area contributed by atoms with Crippen molar-refractivity contribution in [2.24, 2.45) is 5.41 Å². The molecule has 0 unspecified atom stereocenters. The topological polar surface area (TPSA) is 62.5 Å². The van der Waals surface area contributed by atoms with Crippen LogP contribution in [0.1, 0.15) is 46.6 Å². The number of carbonyl (C=O) groups excluding carboxylic acids is 1. The molecular formula is C14H23NO3. The zero-order chi connectivity index (χ0) is 14.3. The Balaban J connectivity index is 3.18. The first kappa shape index (κ1) is 14.6. The quantitative estimate of drug-likeness (QED) is 0.867. The maximum Gasteiger partial charge on any atom is 0.197 e. The van der Waals surface area contributed by atoms with Gasteiger partial charge in [-0.25, -0.2) is 0 Å². The van der Waals surface area contributed by atoms with Crippen LogP contribution in [0, 0.1) is 12.3 Å². The molecule has 4 nitrogen and oxygen atoms in total. The van der Waals surface area contributed by atoms with E-state index < -0.39 is 11.0 Å². The van der Waals surface area contributed by atoms with Crippen LogP contribution < -0.4 is 0 Å². The van der Waals surface area contributed by atoms with Crippen molar-refractivity contribution in [2.75, 3.05) is 0 Å². The summed E-state index contributed by atoms with van der Waals surface area (Å²) in [5.41, 5.74) is -0.417. The van der Waals surface area contributed by atoms with Crippen molar-refractivity contribution in [3.63, 3.8) is 0 Å². The van der Waals surface area contributed by atoms with E-state index in [2.05, 4.69) is 0 Å². The highest BCUT2D eigenvalue weighted by Gasteiger charge is 2.36. The maximum absolute atomic E-state index is 11.6. The third-order valence-corrected chi connectivity index (χ3v) is 3.57. The molecule has 1 aromatic heterocycles. The molecule has 0 saturated carbocycles. The predicted octanol–water partition coefficient (Wildman–Crippen LogP) is 2.95. The number of aromatic hydroxyl groups is 2. The van der Waals surface area contributed by atoms with E-state index in [4.69, 9.17) is 0 Å². The number of ketones is 1. The molecule has 18 heavy (non-hydrogen) atoms. The van der Waals surface area contributed by atoms with Gasteiger partial charge in [-0.3, -0.25) is 9.36 Å². The van der Waals surface area contributed by atoms with Crippen molar-refractivity contribution in [2.45, 2.75) is 53.5 Å². The molecule has 0 saturated heterocycles. The minimum atomic E-state index is -0.544. The Morgan fingerprint density at radius 3 is 2.11 bits per heavy atom. The van der Waals surface area contributed by atoms with Gasteiger partial charge in [-0.1, -0.05) is 13.8 Å². The average molecular weight is 253 g/mol. The van der Waals surface area contributed by atoms with Crippen LogP contribution >= 0.6 is 0 Å². The molecule has 0 fully saturated rings. The van der Waals surface area contributed by atoms with Gasteiger partial charge in [-0.05, 0) is 34.1 Å². The highest BCUT2D eigenvalue weighted by Crippen LogP contribution is 2.40. The lowest BCUT2D eigenvalue weighted by Crippen LogP contribution is -2.35. The fraction of sp³-hybridized carbons (Fsp3) is 0.643. The van der Waals surface area contributed by atoms with Gasteiger partial charge in [0.15, 0.2) is 11.8 Å². The molecular weight excluding hydrogens is 230 g/mol. The Morgan fingerprint density at radius 2 is 1.78 bits per heavy atom. The number of rotatable bonds is 4. The molecule has 1 rings (SSSR count). The highest BCUT2D eigenvalue weighted by atomic mass is 16.3. The summed E-state index contributed by atoms with van der Waals surface area (Å²) in [7, 11) is 0. The van der Waals surface area contributed by atoms with Crippen LogP contribution in [0.2, 0.25) is 0 Å². The van der Waals surface area contributed by atoms with Crippen LogP contribution in [-0.4, -0.2) is 20.6 Å². The first-order valence-corrected chi connectivity index (χ1v) is 6.11. The van der Waals surface area contributed by atoms with E-state index in [0.717, 1.165) is 0 Å². The molecule has 0 aliphatic carbocycles. The van der Waals surface area contributed by atoms with Crippen LogP contribution in [-0.2, 0) is 10.3 Å². The minimum absolute atomic E-state index is 0.0225. The lowest BCUT2D eigenvalue weighted by molar-refractivity contribution is -0.126. The van der Waals surface area contributed by atoms with E-state index in [0.29, 0.717) is 12.0 Å². The molecule has 1 aromatic rings. The summed E-state index contributed by atoms with van der Waals surface area (Å²) in [6.07, 6.45) is 0.532. The second-order valence-electron chi connectivity index (χ2n) is 6.27. The Morgan fingerprint density at radius 1 is 1.28 bits per heavy atom. The van der Waals surface area contributed by atoms with Crippen LogP contribution in [0.4, 0.5) is 0 Å². The summed E-state index contributed by atoms with van der Waals surface area (Å²) < 4.78 is 1.48. The van der Waals surface area contributed by atoms with Crippen LogP contribution in [0.3, 0.4) is 0 Å². The molecule has 4 heteroatoms. The molecule has 102 valence electrons. The molecule has 0 bridgehead atoms. The molecule has 0 spiro atoms. The Hall–Kier alpha value is -1.45. The average Bonchev–Trinajstić information content (AvgIpc) is 2.38. The predicted molar refractivity (Wildman–Crippen MR) is 70.9 cm³/mol. The van der Waals surface area contributed by atoms with Crippen LogP contribution in [0.25, 0.3) is 0 Å². The zero-order valence-corrected chi connectivity index (χ0v) is 12.0. The first-order chi connectivity index (χ1) is 7.99. The van der Waals surface area contributed by atoms with Crippen molar-refractivity contribution in [3.8, 4) is 11.8 Å². The highest BCUT2D eigenvalue weighted by molar-refractivity contribution is 5.81. The standard InChI is InChI=1S/C14H23NO3/c1-9-7-11(17)15(12(9)18)14(5,6)8-13(3,4)10(2)16/h7,17-18H,8H2,1-6H3. The van der Waals surface area contributed by atoms with Crippen molar-refractivity contribution >= 4 is 5.78 Å². The monoisotopic (exact) mass is 253 g/mol. The van der Waals surface area contributed by atoms with E-state index in [9.17, 15) is 15.0 Å². The summed E-state index contributed by atoms with van der Waals surface area (Å²) in [5.74, 6) is 0.171. The number of hydrogen-bond acceptors (Lipinski definition) is 3. The number of nitrogens with zero attached hydrogens (tertiary/aromatic N) is 1. The minimum Gasteiger partial charge on any atom is -0.494 e. The van der Waals surface area contributed by atoms with Crippen molar-refractivity contribution in [3.05, 3.63) is 11.6 Å². The van der Waals surface area contributed by atoms with E-state index >= 15 is 0 Å². The van der Waals surface area contributed by atoms with E-state index in [-0.39, 0.29) is 17.5 Å². The smallest absolute Gasteiger partial charge is 0.197 e. The van der Waals surface area contributed by atoms with Gasteiger partial charge >= 0.3 is 0 Å². The zero-order valence-electron chi connectivity index (χ0n) is 12.0. The third-order valence-electron chi connectivity index (χ3n) is 3.57. The van der Waals surface area contributed by atoms with Gasteiger partial charge in [0.25, 0.3) is 0 Å². The van der Waals surface area contributed by atoms with Gasteiger partial charge in [0, 0.05) is 22.6 Å². The van der Waals surface area contributed by atoms with Crippen LogP contribution in [0.15, 0.2) is 6.07 Å². The van der Waals surface area contributed by atoms with Gasteiger partial charge in [0.05, 0.1) is 0 Å². The normalized spacial score (nSPS) is 12.8. The fourth-order valence-corrected chi connectivity index (χ4v) is 2.49. The molecule has 0 amide bonds. The van der Waals surface area contributed by atoms with Gasteiger partial charge in [0.2, 0.25) is 0 Å². The maximum atomic E-state index is 11.6. The van der Waals surface area contributed by atoms with Gasteiger partial charge < -0.3 is 10.2 Å². The molecule has 1 heterocycles. The second-order valence-corrected chi connectivity index (χ2v) is 6.27. The Labute approximate surface area is 108 Å². The Kier molecular flexibility index (Phi) is 3.52. The van der Waals surface area contributed by atoms with Gasteiger partial charge in [-0.15, -0.1) is 0 Å². The van der Waals surface area contributed by atoms with Crippen molar-refractivity contribution in [1.29, 1.82) is 0 Å². The SMILES string of the molecule is CC(=O)C(C)(C)CC(C)(C)n1c(O)cc(C)c1O. The molecule has 2 N–H and O–H groups in total. The van der Waals surface area contributed by atoms with E-state index in [1.165, 1.54) is 10.6 Å². The van der Waals surface area contributed by atoms with Gasteiger partial charge in [0.1, 0.15) is 5.78 Å². The first-order valence-electron chi connectivity index (χ1n) is 6.11. The number of aromatic nitrogens is 1. The van der Waals surface area contributed by atoms with Crippen molar-refractivity contribution in [1.82, 2.24) is 4.57 Å².